The average Bonchev–Trinajstić information content (AvgIpc) is 3.05. The van der Waals surface area contributed by atoms with Gasteiger partial charge in [0.2, 0.25) is 11.8 Å². The number of aliphatic hydroxyl groups excluding tert-OH is 1. The number of carbonyl (C=O) groups is 1. The third kappa shape index (κ3) is 7.10. The summed E-state index contributed by atoms with van der Waals surface area (Å²) in [5.74, 6) is 1.23. The van der Waals surface area contributed by atoms with E-state index in [1.807, 2.05) is 18.2 Å². The molecule has 1 amide bonds. The number of nitriles is 1. The molecule has 0 unspecified atom stereocenters. The number of amides is 1. The van der Waals surface area contributed by atoms with E-state index >= 15 is 0 Å². The van der Waals surface area contributed by atoms with Crippen molar-refractivity contribution in [3.8, 4) is 29.0 Å². The number of ether oxygens (including phenoxy) is 2. The summed E-state index contributed by atoms with van der Waals surface area (Å²) in [7, 11) is 3.72. The van der Waals surface area contributed by atoms with Crippen LogP contribution in [0.4, 0.5) is 21.8 Å². The number of piperazine rings is 1. The van der Waals surface area contributed by atoms with Gasteiger partial charge in [0.1, 0.15) is 36.1 Å². The summed E-state index contributed by atoms with van der Waals surface area (Å²) in [6.45, 7) is 3.32. The molecule has 13 heteroatoms. The van der Waals surface area contributed by atoms with E-state index in [4.69, 9.17) is 9.47 Å². The van der Waals surface area contributed by atoms with E-state index in [-0.39, 0.29) is 6.10 Å². The normalized spacial score (nSPS) is 16.8. The summed E-state index contributed by atoms with van der Waals surface area (Å²) in [5.41, 5.74) is 2.62. The number of aliphatic hydroxyl groups is 1. The van der Waals surface area contributed by atoms with Crippen LogP contribution in [0.5, 0.6) is 11.6 Å². The summed E-state index contributed by atoms with van der Waals surface area (Å²) >= 11 is 0. The first-order chi connectivity index (χ1) is 20.9. The number of hydrogen-bond donors (Lipinski definition) is 2. The van der Waals surface area contributed by atoms with Crippen molar-refractivity contribution >= 4 is 23.4 Å². The lowest BCUT2D eigenvalue weighted by atomic mass is 10.1. The second-order valence-corrected chi connectivity index (χ2v) is 10.5. The van der Waals surface area contributed by atoms with Crippen LogP contribution in [0, 0.1) is 11.3 Å². The lowest BCUT2D eigenvalue weighted by Gasteiger charge is -2.34. The Labute approximate surface area is 249 Å². The molecular formula is C30H35FN8O4. The molecule has 2 N–H and O–H groups in total. The van der Waals surface area contributed by atoms with Crippen LogP contribution in [-0.2, 0) is 4.79 Å². The van der Waals surface area contributed by atoms with Crippen molar-refractivity contribution in [1.29, 1.82) is 5.26 Å². The fourth-order valence-electron chi connectivity index (χ4n) is 5.16. The van der Waals surface area contributed by atoms with Gasteiger partial charge in [-0.15, -0.1) is 0 Å². The standard InChI is InChI=1S/C30H35FN8O4/c1-37-13-15-38(16-14-37)24-4-6-27(35-28(24)42-2)36-30-33-10-7-23(34-30)20-3-5-26(21(17-20)19-32)43-22-8-11-39(12-9-22)29(41)25(40)18-31/h3-7,10,17,22,25,40H,8-9,11-16,18H2,1-2H3,(H,33,34,35,36)/t25-/m1/s1. The smallest absolute Gasteiger partial charge is 0.254 e. The molecule has 12 nitrogen and oxygen atoms in total. The maximum Gasteiger partial charge on any atom is 0.254 e. The van der Waals surface area contributed by atoms with Crippen LogP contribution in [0.1, 0.15) is 18.4 Å². The van der Waals surface area contributed by atoms with E-state index in [2.05, 4.69) is 43.2 Å². The third-order valence-corrected chi connectivity index (χ3v) is 7.65. The summed E-state index contributed by atoms with van der Waals surface area (Å²) in [5, 5.41) is 22.5. The highest BCUT2D eigenvalue weighted by atomic mass is 19.1. The largest absolute Gasteiger partial charge is 0.489 e. The van der Waals surface area contributed by atoms with E-state index in [1.54, 1.807) is 31.5 Å². The molecule has 2 fully saturated rings. The van der Waals surface area contributed by atoms with Crippen molar-refractivity contribution in [2.24, 2.45) is 0 Å². The Hall–Kier alpha value is -4.54. The molecule has 1 aromatic carbocycles. The monoisotopic (exact) mass is 590 g/mol. The van der Waals surface area contributed by atoms with Gasteiger partial charge in [-0.25, -0.2) is 14.4 Å². The maximum atomic E-state index is 12.7. The number of piperidine rings is 1. The third-order valence-electron chi connectivity index (χ3n) is 7.65. The number of pyridine rings is 1. The summed E-state index contributed by atoms with van der Waals surface area (Å²) in [6, 6.07) is 13.1. The van der Waals surface area contributed by atoms with Crippen molar-refractivity contribution in [3.05, 3.63) is 48.2 Å². The minimum atomic E-state index is -1.63. The second-order valence-electron chi connectivity index (χ2n) is 10.5. The zero-order valence-electron chi connectivity index (χ0n) is 24.2. The molecular weight excluding hydrogens is 555 g/mol. The fraction of sp³-hybridized carbons (Fsp3) is 0.433. The minimum Gasteiger partial charge on any atom is -0.489 e. The molecule has 5 rings (SSSR count). The van der Waals surface area contributed by atoms with Crippen LogP contribution in [0.2, 0.25) is 0 Å². The molecule has 0 saturated carbocycles. The van der Waals surface area contributed by atoms with E-state index in [1.165, 1.54) is 4.90 Å². The molecule has 0 bridgehead atoms. The number of rotatable bonds is 9. The molecule has 43 heavy (non-hydrogen) atoms. The first-order valence-electron chi connectivity index (χ1n) is 14.2. The molecule has 2 aromatic heterocycles. The average molecular weight is 591 g/mol. The predicted molar refractivity (Wildman–Crippen MR) is 158 cm³/mol. The van der Waals surface area contributed by atoms with Gasteiger partial charge in [-0.05, 0) is 43.4 Å². The Morgan fingerprint density at radius 1 is 1.14 bits per heavy atom. The van der Waals surface area contributed by atoms with Crippen molar-refractivity contribution in [3.63, 3.8) is 0 Å². The number of likely N-dealkylation sites (tertiary alicyclic amines) is 1. The molecule has 0 aliphatic carbocycles. The van der Waals surface area contributed by atoms with Gasteiger partial charge in [0.15, 0.2) is 6.10 Å². The van der Waals surface area contributed by atoms with Gasteiger partial charge in [-0.2, -0.15) is 10.2 Å². The van der Waals surface area contributed by atoms with Gasteiger partial charge in [0, 0.05) is 63.9 Å². The quantitative estimate of drug-likeness (QED) is 0.380. The number of anilines is 3. The second kappa shape index (κ2) is 13.6. The van der Waals surface area contributed by atoms with Crippen LogP contribution in [-0.4, -0.2) is 108 Å². The first-order valence-corrected chi connectivity index (χ1v) is 14.2. The number of likely N-dealkylation sites (N-methyl/N-ethyl adjacent to an activating group) is 1. The number of nitrogens with one attached hydrogen (secondary N) is 1. The van der Waals surface area contributed by atoms with Crippen LogP contribution < -0.4 is 19.7 Å². The van der Waals surface area contributed by atoms with Gasteiger partial charge < -0.3 is 34.6 Å². The van der Waals surface area contributed by atoms with Gasteiger partial charge in [-0.1, -0.05) is 0 Å². The first kappa shape index (κ1) is 29.9. The lowest BCUT2D eigenvalue weighted by Crippen LogP contribution is -2.46. The number of methoxy groups -OCH3 is 1. The summed E-state index contributed by atoms with van der Waals surface area (Å²) in [6.07, 6.45) is 0.804. The van der Waals surface area contributed by atoms with Crippen LogP contribution >= 0.6 is 0 Å². The molecule has 226 valence electrons. The Kier molecular flexibility index (Phi) is 9.48. The molecule has 1 atom stereocenters. The van der Waals surface area contributed by atoms with Gasteiger partial charge >= 0.3 is 0 Å². The Bertz CT molecular complexity index is 1470. The van der Waals surface area contributed by atoms with E-state index in [0.717, 1.165) is 31.9 Å². The molecule has 2 saturated heterocycles. The van der Waals surface area contributed by atoms with Crippen molar-refractivity contribution in [2.75, 3.05) is 70.3 Å². The predicted octanol–water partition coefficient (Wildman–Crippen LogP) is 2.61. The van der Waals surface area contributed by atoms with Crippen LogP contribution in [0.3, 0.4) is 0 Å². The summed E-state index contributed by atoms with van der Waals surface area (Å²) < 4.78 is 24.3. The number of nitrogens with zero attached hydrogens (tertiary/aromatic N) is 7. The number of alkyl halides is 1. The Morgan fingerprint density at radius 3 is 2.60 bits per heavy atom. The number of halogens is 1. The molecule has 2 aliphatic rings. The van der Waals surface area contributed by atoms with Crippen molar-refractivity contribution < 1.29 is 23.8 Å². The Morgan fingerprint density at radius 2 is 1.91 bits per heavy atom. The highest BCUT2D eigenvalue weighted by Gasteiger charge is 2.28. The zero-order chi connectivity index (χ0) is 30.3. The molecule has 4 heterocycles. The van der Waals surface area contributed by atoms with Gasteiger partial charge in [-0.3, -0.25) is 4.79 Å². The number of hydrogen-bond acceptors (Lipinski definition) is 11. The molecule has 0 spiro atoms. The van der Waals surface area contributed by atoms with Gasteiger partial charge in [0.05, 0.1) is 18.4 Å². The van der Waals surface area contributed by atoms with Crippen LogP contribution in [0.15, 0.2) is 42.6 Å². The minimum absolute atomic E-state index is 0.216. The molecule has 2 aliphatic heterocycles. The SMILES string of the molecule is COc1nc(Nc2nccc(-c3ccc(OC4CCN(C(=O)[C@H](O)CF)CC4)c(C#N)c3)n2)ccc1N1CCN(C)CC1. The topological polar surface area (TPSA) is 140 Å². The van der Waals surface area contributed by atoms with Crippen molar-refractivity contribution in [2.45, 2.75) is 25.0 Å². The highest BCUT2D eigenvalue weighted by Crippen LogP contribution is 2.31. The lowest BCUT2D eigenvalue weighted by molar-refractivity contribution is -0.142. The van der Waals surface area contributed by atoms with E-state index in [0.29, 0.717) is 66.1 Å². The fourth-order valence-corrected chi connectivity index (χ4v) is 5.16. The highest BCUT2D eigenvalue weighted by molar-refractivity contribution is 5.80. The van der Waals surface area contributed by atoms with Crippen LogP contribution in [0.25, 0.3) is 11.3 Å². The number of benzene rings is 1. The molecule has 0 radical (unpaired) electrons. The number of aromatic nitrogens is 3. The van der Waals surface area contributed by atoms with Gasteiger partial charge in [0.25, 0.3) is 5.91 Å². The zero-order valence-corrected chi connectivity index (χ0v) is 24.2. The number of carbonyl (C=O) groups excluding carboxylic acids is 1. The van der Waals surface area contributed by atoms with E-state index in [9.17, 15) is 19.6 Å². The molecule has 3 aromatic rings. The van der Waals surface area contributed by atoms with Crippen molar-refractivity contribution in [1.82, 2.24) is 24.8 Å². The van der Waals surface area contributed by atoms with E-state index < -0.39 is 18.7 Å². The summed E-state index contributed by atoms with van der Waals surface area (Å²) in [4.78, 5) is 31.6. The Balaban J connectivity index is 1.25. The maximum absolute atomic E-state index is 12.7.